The van der Waals surface area contributed by atoms with Crippen molar-refractivity contribution < 1.29 is 14.3 Å². The number of likely N-dealkylation sites (tertiary alicyclic amines) is 1. The van der Waals surface area contributed by atoms with E-state index in [2.05, 4.69) is 4.98 Å². The maximum absolute atomic E-state index is 12.6. The zero-order valence-electron chi connectivity index (χ0n) is 14.6. The van der Waals surface area contributed by atoms with E-state index in [1.54, 1.807) is 4.90 Å². The Bertz CT molecular complexity index is 639. The first-order valence-electron chi connectivity index (χ1n) is 8.57. The Hall–Kier alpha value is -2.11. The van der Waals surface area contributed by atoms with Gasteiger partial charge in [-0.15, -0.1) is 0 Å². The second-order valence-electron chi connectivity index (χ2n) is 7.53. The normalized spacial score (nSPS) is 21.8. The highest BCUT2D eigenvalue weighted by atomic mass is 16.6. The summed E-state index contributed by atoms with van der Waals surface area (Å²) < 4.78 is 4.99. The average Bonchev–Trinajstić information content (AvgIpc) is 2.99. The highest BCUT2D eigenvalue weighted by molar-refractivity contribution is 5.88. The van der Waals surface area contributed by atoms with Gasteiger partial charge >= 0.3 is 6.09 Å². The van der Waals surface area contributed by atoms with Crippen LogP contribution < -0.4 is 4.90 Å². The standard InChI is InChI=1S/C18H25N3O3/c1-18(2,3)16(22)20-9-5-6-13(12-20)14-7-4-8-15(19-14)21-10-11-24-17(21)23/h4,7-8,13H,5-6,9-12H2,1-3H3. The van der Waals surface area contributed by atoms with Crippen molar-refractivity contribution in [2.45, 2.75) is 39.5 Å². The molecule has 1 unspecified atom stereocenters. The molecule has 0 N–H and O–H groups in total. The molecule has 2 amide bonds. The van der Waals surface area contributed by atoms with Crippen LogP contribution in [0.1, 0.15) is 45.2 Å². The molecule has 1 aromatic rings. The van der Waals surface area contributed by atoms with E-state index in [4.69, 9.17) is 4.74 Å². The first kappa shape index (κ1) is 16.7. The van der Waals surface area contributed by atoms with E-state index in [0.717, 1.165) is 25.1 Å². The van der Waals surface area contributed by atoms with Crippen molar-refractivity contribution in [1.82, 2.24) is 9.88 Å². The van der Waals surface area contributed by atoms with E-state index in [0.29, 0.717) is 25.5 Å². The predicted molar refractivity (Wildman–Crippen MR) is 90.9 cm³/mol. The van der Waals surface area contributed by atoms with Crippen LogP contribution in [0, 0.1) is 5.41 Å². The van der Waals surface area contributed by atoms with Crippen LogP contribution >= 0.6 is 0 Å². The number of aromatic nitrogens is 1. The monoisotopic (exact) mass is 331 g/mol. The summed E-state index contributed by atoms with van der Waals surface area (Å²) in [5.41, 5.74) is 0.579. The molecule has 0 bridgehead atoms. The van der Waals surface area contributed by atoms with E-state index in [1.807, 2.05) is 43.9 Å². The summed E-state index contributed by atoms with van der Waals surface area (Å²) >= 11 is 0. The number of carbonyl (C=O) groups is 2. The summed E-state index contributed by atoms with van der Waals surface area (Å²) in [6.45, 7) is 8.31. The molecule has 0 radical (unpaired) electrons. The van der Waals surface area contributed by atoms with Gasteiger partial charge in [-0.3, -0.25) is 9.69 Å². The van der Waals surface area contributed by atoms with Gasteiger partial charge in [0.1, 0.15) is 12.4 Å². The van der Waals surface area contributed by atoms with Gasteiger partial charge in [0.2, 0.25) is 5.91 Å². The Balaban J connectivity index is 1.76. The molecule has 3 heterocycles. The molecule has 0 spiro atoms. The van der Waals surface area contributed by atoms with Gasteiger partial charge < -0.3 is 9.64 Å². The molecule has 0 saturated carbocycles. The molecule has 0 aliphatic carbocycles. The van der Waals surface area contributed by atoms with Crippen LogP contribution in [0.2, 0.25) is 0 Å². The smallest absolute Gasteiger partial charge is 0.415 e. The van der Waals surface area contributed by atoms with Gasteiger partial charge in [0.05, 0.1) is 6.54 Å². The number of amides is 2. The first-order chi connectivity index (χ1) is 11.4. The van der Waals surface area contributed by atoms with Crippen LogP contribution in [0.25, 0.3) is 0 Å². The second kappa shape index (κ2) is 6.42. The number of nitrogens with zero attached hydrogens (tertiary/aromatic N) is 3. The minimum Gasteiger partial charge on any atom is -0.447 e. The van der Waals surface area contributed by atoms with Crippen LogP contribution in [-0.4, -0.2) is 48.1 Å². The second-order valence-corrected chi connectivity index (χ2v) is 7.53. The van der Waals surface area contributed by atoms with Gasteiger partial charge in [0.25, 0.3) is 0 Å². The van der Waals surface area contributed by atoms with Gasteiger partial charge in [-0.05, 0) is 25.0 Å². The van der Waals surface area contributed by atoms with Crippen molar-refractivity contribution in [2.75, 3.05) is 31.1 Å². The summed E-state index contributed by atoms with van der Waals surface area (Å²) in [6, 6.07) is 5.74. The lowest BCUT2D eigenvalue weighted by molar-refractivity contribution is -0.140. The molecule has 6 nitrogen and oxygen atoms in total. The van der Waals surface area contributed by atoms with E-state index in [1.165, 1.54) is 0 Å². The molecule has 2 fully saturated rings. The molecular formula is C18H25N3O3. The topological polar surface area (TPSA) is 62.7 Å². The molecule has 24 heavy (non-hydrogen) atoms. The number of anilines is 1. The minimum atomic E-state index is -0.365. The highest BCUT2D eigenvalue weighted by Gasteiger charge is 2.32. The Morgan fingerprint density at radius 2 is 2.08 bits per heavy atom. The molecule has 3 rings (SSSR count). The number of pyridine rings is 1. The van der Waals surface area contributed by atoms with Crippen molar-refractivity contribution in [3.63, 3.8) is 0 Å². The molecule has 6 heteroatoms. The third kappa shape index (κ3) is 3.37. The Labute approximate surface area is 142 Å². The number of carbonyl (C=O) groups excluding carboxylic acids is 2. The SMILES string of the molecule is CC(C)(C)C(=O)N1CCCC(c2cccc(N3CCOC3=O)n2)C1. The van der Waals surface area contributed by atoms with Crippen molar-refractivity contribution in [3.05, 3.63) is 23.9 Å². The molecule has 1 aromatic heterocycles. The molecule has 0 aromatic carbocycles. The van der Waals surface area contributed by atoms with Gasteiger partial charge in [-0.2, -0.15) is 0 Å². The molecular weight excluding hydrogens is 306 g/mol. The lowest BCUT2D eigenvalue weighted by Crippen LogP contribution is -2.44. The maximum atomic E-state index is 12.6. The van der Waals surface area contributed by atoms with E-state index < -0.39 is 0 Å². The summed E-state index contributed by atoms with van der Waals surface area (Å²) in [5, 5.41) is 0. The van der Waals surface area contributed by atoms with E-state index in [-0.39, 0.29) is 23.3 Å². The van der Waals surface area contributed by atoms with Crippen LogP contribution in [0.4, 0.5) is 10.6 Å². The minimum absolute atomic E-state index is 0.187. The lowest BCUT2D eigenvalue weighted by Gasteiger charge is -2.36. The van der Waals surface area contributed by atoms with Crippen LogP contribution in [-0.2, 0) is 9.53 Å². The molecule has 130 valence electrons. The molecule has 1 atom stereocenters. The first-order valence-corrected chi connectivity index (χ1v) is 8.57. The molecule has 2 aliphatic heterocycles. The fourth-order valence-electron chi connectivity index (χ4n) is 3.30. The fraction of sp³-hybridized carbons (Fsp3) is 0.611. The Morgan fingerprint density at radius 3 is 2.75 bits per heavy atom. The Kier molecular flexibility index (Phi) is 4.47. The summed E-state index contributed by atoms with van der Waals surface area (Å²) in [6.07, 6.45) is 1.65. The number of piperidine rings is 1. The fourth-order valence-corrected chi connectivity index (χ4v) is 3.30. The van der Waals surface area contributed by atoms with E-state index >= 15 is 0 Å². The van der Waals surface area contributed by atoms with Crippen LogP contribution in [0.3, 0.4) is 0 Å². The zero-order chi connectivity index (χ0) is 17.3. The number of hydrogen-bond donors (Lipinski definition) is 0. The third-order valence-corrected chi connectivity index (χ3v) is 4.56. The van der Waals surface area contributed by atoms with Crippen molar-refractivity contribution in [3.8, 4) is 0 Å². The van der Waals surface area contributed by atoms with Crippen LogP contribution in [0.5, 0.6) is 0 Å². The van der Waals surface area contributed by atoms with Gasteiger partial charge in [0.15, 0.2) is 0 Å². The van der Waals surface area contributed by atoms with Gasteiger partial charge in [-0.1, -0.05) is 26.8 Å². The van der Waals surface area contributed by atoms with Crippen molar-refractivity contribution >= 4 is 17.8 Å². The summed E-state index contributed by atoms with van der Waals surface area (Å²) in [7, 11) is 0. The van der Waals surface area contributed by atoms with Crippen molar-refractivity contribution in [1.29, 1.82) is 0 Å². The maximum Gasteiger partial charge on any atom is 0.415 e. The molecule has 2 saturated heterocycles. The average molecular weight is 331 g/mol. The summed E-state index contributed by atoms with van der Waals surface area (Å²) in [5.74, 6) is 1.03. The Morgan fingerprint density at radius 1 is 1.29 bits per heavy atom. The number of hydrogen-bond acceptors (Lipinski definition) is 4. The van der Waals surface area contributed by atoms with Crippen LogP contribution in [0.15, 0.2) is 18.2 Å². The lowest BCUT2D eigenvalue weighted by atomic mass is 9.90. The zero-order valence-corrected chi connectivity index (χ0v) is 14.6. The number of cyclic esters (lactones) is 1. The number of ether oxygens (including phenoxy) is 1. The van der Waals surface area contributed by atoms with E-state index in [9.17, 15) is 9.59 Å². The summed E-state index contributed by atoms with van der Waals surface area (Å²) in [4.78, 5) is 32.5. The largest absolute Gasteiger partial charge is 0.447 e. The predicted octanol–water partition coefficient (Wildman–Crippen LogP) is 2.79. The quantitative estimate of drug-likeness (QED) is 0.836. The molecule has 2 aliphatic rings. The van der Waals surface area contributed by atoms with Gasteiger partial charge in [-0.25, -0.2) is 9.78 Å². The van der Waals surface area contributed by atoms with Crippen molar-refractivity contribution in [2.24, 2.45) is 5.41 Å². The van der Waals surface area contributed by atoms with Gasteiger partial charge in [0, 0.05) is 30.1 Å². The third-order valence-electron chi connectivity index (χ3n) is 4.56. The highest BCUT2D eigenvalue weighted by Crippen LogP contribution is 2.30. The number of rotatable bonds is 2.